The number of hydrogen-bond acceptors (Lipinski definition) is 5. The fraction of sp³-hybridized carbons (Fsp3) is 0.800. The molecule has 0 aromatic carbocycles. The first-order valence-electron chi connectivity index (χ1n) is 8.17. The van der Waals surface area contributed by atoms with Crippen LogP contribution in [-0.4, -0.2) is 65.7 Å². The van der Waals surface area contributed by atoms with E-state index >= 15 is 0 Å². The Morgan fingerprint density at radius 1 is 1.43 bits per heavy atom. The van der Waals surface area contributed by atoms with Crippen molar-refractivity contribution in [2.75, 3.05) is 39.9 Å². The van der Waals surface area contributed by atoms with Crippen LogP contribution >= 0.6 is 12.4 Å². The second kappa shape index (κ2) is 10.6. The monoisotopic (exact) mass is 345 g/mol. The molecule has 1 saturated heterocycles. The first-order chi connectivity index (χ1) is 10.8. The molecular weight excluding hydrogens is 318 g/mol. The minimum atomic E-state index is -0.0503. The molecule has 0 radical (unpaired) electrons. The molecule has 1 fully saturated rings. The van der Waals surface area contributed by atoms with Crippen LogP contribution in [-0.2, 0) is 4.74 Å². The van der Waals surface area contributed by atoms with Crippen LogP contribution in [0.3, 0.4) is 0 Å². The maximum Gasteiger partial charge on any atom is 0.276 e. The first kappa shape index (κ1) is 19.9. The van der Waals surface area contributed by atoms with E-state index in [2.05, 4.69) is 22.6 Å². The average Bonchev–Trinajstić information content (AvgIpc) is 3.05. The summed E-state index contributed by atoms with van der Waals surface area (Å²) in [6.07, 6.45) is 5.89. The third-order valence-electron chi connectivity index (χ3n) is 4.05. The molecule has 1 N–H and O–H groups in total. The summed E-state index contributed by atoms with van der Waals surface area (Å²) in [7, 11) is 1.65. The Morgan fingerprint density at radius 2 is 2.17 bits per heavy atom. The molecule has 2 heterocycles. The summed E-state index contributed by atoms with van der Waals surface area (Å²) in [6, 6.07) is 0.346. The number of halogens is 1. The molecule has 0 saturated carbocycles. The van der Waals surface area contributed by atoms with Crippen molar-refractivity contribution in [3.8, 4) is 0 Å². The molecule has 8 heteroatoms. The zero-order valence-corrected chi connectivity index (χ0v) is 14.8. The second-order valence-electron chi connectivity index (χ2n) is 5.70. The topological polar surface area (TPSA) is 72.3 Å². The van der Waals surface area contributed by atoms with Gasteiger partial charge in [0.1, 0.15) is 0 Å². The summed E-state index contributed by atoms with van der Waals surface area (Å²) in [6.45, 7) is 5.97. The lowest BCUT2D eigenvalue weighted by Gasteiger charge is -2.22. The van der Waals surface area contributed by atoms with Crippen LogP contribution in [0.25, 0.3) is 0 Å². The molecule has 1 aromatic heterocycles. The van der Waals surface area contributed by atoms with Crippen LogP contribution in [0, 0.1) is 0 Å². The summed E-state index contributed by atoms with van der Waals surface area (Å²) in [5.74, 6) is -0.0503. The number of carbonyl (C=O) groups excluding carboxylic acids is 1. The number of carbonyl (C=O) groups is 1. The maximum atomic E-state index is 12.6. The molecule has 0 bridgehead atoms. The normalized spacial score (nSPS) is 15.2. The zero-order valence-electron chi connectivity index (χ0n) is 14.0. The molecule has 2 rings (SSSR count). The Labute approximate surface area is 144 Å². The Balaban J connectivity index is 0.00000264. The van der Waals surface area contributed by atoms with Gasteiger partial charge in [-0.05, 0) is 32.4 Å². The molecule has 7 nitrogen and oxygen atoms in total. The molecule has 0 unspecified atom stereocenters. The summed E-state index contributed by atoms with van der Waals surface area (Å²) in [4.78, 5) is 14.4. The van der Waals surface area contributed by atoms with Crippen LogP contribution < -0.4 is 5.32 Å². The standard InChI is InChI=1S/C15H27N5O2.ClH/c1-3-4-9-19(10-11-22-2)15(21)14-12-20(18-17-14)13-5-7-16-8-6-13;/h12-13,16H,3-11H2,1-2H3;1H. The van der Waals surface area contributed by atoms with Crippen molar-refractivity contribution in [1.82, 2.24) is 25.2 Å². The summed E-state index contributed by atoms with van der Waals surface area (Å²) >= 11 is 0. The number of aromatic nitrogens is 3. The Hall–Kier alpha value is -1.18. The van der Waals surface area contributed by atoms with Crippen LogP contribution in [0.2, 0.25) is 0 Å². The fourth-order valence-corrected chi connectivity index (χ4v) is 2.65. The maximum absolute atomic E-state index is 12.6. The van der Waals surface area contributed by atoms with Crippen molar-refractivity contribution >= 4 is 18.3 Å². The predicted molar refractivity (Wildman–Crippen MR) is 91.1 cm³/mol. The third-order valence-corrected chi connectivity index (χ3v) is 4.05. The number of amides is 1. The van der Waals surface area contributed by atoms with E-state index in [1.54, 1.807) is 13.3 Å². The van der Waals surface area contributed by atoms with Gasteiger partial charge in [-0.3, -0.25) is 4.79 Å². The molecule has 1 aliphatic heterocycles. The third kappa shape index (κ3) is 5.75. The van der Waals surface area contributed by atoms with E-state index in [9.17, 15) is 4.79 Å². The number of piperidine rings is 1. The van der Waals surface area contributed by atoms with Gasteiger partial charge >= 0.3 is 0 Å². The highest BCUT2D eigenvalue weighted by Crippen LogP contribution is 2.17. The number of methoxy groups -OCH3 is 1. The smallest absolute Gasteiger partial charge is 0.276 e. The molecule has 0 atom stereocenters. The molecule has 1 aliphatic rings. The van der Waals surface area contributed by atoms with Gasteiger partial charge in [-0.2, -0.15) is 0 Å². The van der Waals surface area contributed by atoms with E-state index in [0.717, 1.165) is 45.3 Å². The number of unbranched alkanes of at least 4 members (excludes halogenated alkanes) is 1. The largest absolute Gasteiger partial charge is 0.383 e. The molecule has 0 aliphatic carbocycles. The average molecular weight is 346 g/mol. The predicted octanol–water partition coefficient (Wildman–Crippen LogP) is 1.51. The van der Waals surface area contributed by atoms with Gasteiger partial charge in [0.25, 0.3) is 5.91 Å². The van der Waals surface area contributed by atoms with E-state index in [-0.39, 0.29) is 18.3 Å². The highest BCUT2D eigenvalue weighted by molar-refractivity contribution is 5.91. The number of ether oxygens (including phenoxy) is 1. The number of hydrogen-bond donors (Lipinski definition) is 1. The van der Waals surface area contributed by atoms with Crippen molar-refractivity contribution in [2.24, 2.45) is 0 Å². The van der Waals surface area contributed by atoms with E-state index in [1.807, 2.05) is 9.58 Å². The summed E-state index contributed by atoms with van der Waals surface area (Å²) < 4.78 is 6.95. The van der Waals surface area contributed by atoms with Crippen molar-refractivity contribution in [3.05, 3.63) is 11.9 Å². The van der Waals surface area contributed by atoms with Gasteiger partial charge in [-0.25, -0.2) is 4.68 Å². The lowest BCUT2D eigenvalue weighted by Crippen LogP contribution is -2.35. The van der Waals surface area contributed by atoms with Crippen LogP contribution in [0.1, 0.15) is 49.1 Å². The lowest BCUT2D eigenvalue weighted by atomic mass is 10.1. The first-order valence-corrected chi connectivity index (χ1v) is 8.17. The fourth-order valence-electron chi connectivity index (χ4n) is 2.65. The molecule has 1 amide bonds. The molecule has 132 valence electrons. The van der Waals surface area contributed by atoms with Crippen LogP contribution in [0.4, 0.5) is 0 Å². The Bertz CT molecular complexity index is 454. The van der Waals surface area contributed by atoms with Crippen molar-refractivity contribution in [3.63, 3.8) is 0 Å². The van der Waals surface area contributed by atoms with Crippen LogP contribution in [0.5, 0.6) is 0 Å². The van der Waals surface area contributed by atoms with E-state index in [1.165, 1.54) is 0 Å². The van der Waals surface area contributed by atoms with Gasteiger partial charge in [-0.1, -0.05) is 18.6 Å². The minimum absolute atomic E-state index is 0. The van der Waals surface area contributed by atoms with E-state index in [4.69, 9.17) is 4.74 Å². The highest BCUT2D eigenvalue weighted by atomic mass is 35.5. The van der Waals surface area contributed by atoms with Gasteiger partial charge in [0, 0.05) is 20.2 Å². The van der Waals surface area contributed by atoms with Gasteiger partial charge < -0.3 is 15.0 Å². The number of nitrogens with one attached hydrogen (secondary N) is 1. The van der Waals surface area contributed by atoms with E-state index in [0.29, 0.717) is 24.9 Å². The lowest BCUT2D eigenvalue weighted by molar-refractivity contribution is 0.0687. The van der Waals surface area contributed by atoms with Gasteiger partial charge in [0.2, 0.25) is 0 Å². The molecule has 1 aromatic rings. The second-order valence-corrected chi connectivity index (χ2v) is 5.70. The van der Waals surface area contributed by atoms with Crippen LogP contribution in [0.15, 0.2) is 6.20 Å². The van der Waals surface area contributed by atoms with Gasteiger partial charge in [0.05, 0.1) is 18.8 Å². The van der Waals surface area contributed by atoms with Gasteiger partial charge in [0.15, 0.2) is 5.69 Å². The summed E-state index contributed by atoms with van der Waals surface area (Å²) in [5, 5.41) is 11.6. The quantitative estimate of drug-likeness (QED) is 0.773. The highest BCUT2D eigenvalue weighted by Gasteiger charge is 2.21. The molecular formula is C15H28ClN5O2. The van der Waals surface area contributed by atoms with Gasteiger partial charge in [-0.15, -0.1) is 17.5 Å². The Morgan fingerprint density at radius 3 is 2.83 bits per heavy atom. The summed E-state index contributed by atoms with van der Waals surface area (Å²) in [5.41, 5.74) is 0.436. The molecule has 0 spiro atoms. The van der Waals surface area contributed by atoms with Crippen molar-refractivity contribution in [2.45, 2.75) is 38.6 Å². The minimum Gasteiger partial charge on any atom is -0.383 e. The zero-order chi connectivity index (χ0) is 15.8. The SMILES string of the molecule is CCCCN(CCOC)C(=O)c1cn(C2CCNCC2)nn1.Cl. The number of nitrogens with zero attached hydrogens (tertiary/aromatic N) is 4. The number of rotatable bonds is 8. The van der Waals surface area contributed by atoms with Crippen molar-refractivity contribution in [1.29, 1.82) is 0 Å². The van der Waals surface area contributed by atoms with E-state index < -0.39 is 0 Å². The Kier molecular flexibility index (Phi) is 9.13. The molecule has 23 heavy (non-hydrogen) atoms. The van der Waals surface area contributed by atoms with Crippen molar-refractivity contribution < 1.29 is 9.53 Å².